The van der Waals surface area contributed by atoms with Crippen molar-refractivity contribution in [2.24, 2.45) is 0 Å². The number of halogens is 2. The number of aliphatic hydroxyl groups excluding tert-OH is 1. The largest absolute Gasteiger partial charge is 0.451 e. The number of rotatable bonds is 3. The molecule has 2 aromatic carbocycles. The van der Waals surface area contributed by atoms with Crippen molar-refractivity contribution in [1.82, 2.24) is 0 Å². The van der Waals surface area contributed by atoms with Gasteiger partial charge in [-0.2, -0.15) is 5.26 Å². The molecule has 3 nitrogen and oxygen atoms in total. The number of nitriles is 1. The van der Waals surface area contributed by atoms with Crippen molar-refractivity contribution in [1.29, 1.82) is 5.26 Å². The van der Waals surface area contributed by atoms with E-state index in [0.717, 1.165) is 12.1 Å². The van der Waals surface area contributed by atoms with Crippen molar-refractivity contribution in [3.05, 3.63) is 59.2 Å². The Morgan fingerprint density at radius 1 is 1.11 bits per heavy atom. The summed E-state index contributed by atoms with van der Waals surface area (Å²) >= 11 is 0. The lowest BCUT2D eigenvalue weighted by Crippen LogP contribution is -1.94. The van der Waals surface area contributed by atoms with Crippen LogP contribution in [0.25, 0.3) is 0 Å². The van der Waals surface area contributed by atoms with Crippen LogP contribution in [0.15, 0.2) is 36.4 Å². The summed E-state index contributed by atoms with van der Waals surface area (Å²) in [4.78, 5) is 0. The summed E-state index contributed by atoms with van der Waals surface area (Å²) < 4.78 is 32.2. The minimum Gasteiger partial charge on any atom is -0.451 e. The molecular weight excluding hydrogens is 252 g/mol. The van der Waals surface area contributed by atoms with E-state index >= 15 is 0 Å². The van der Waals surface area contributed by atoms with Crippen LogP contribution < -0.4 is 4.74 Å². The predicted octanol–water partition coefficient (Wildman–Crippen LogP) is 3.12. The molecule has 0 spiro atoms. The molecule has 5 heteroatoms. The maximum Gasteiger partial charge on any atom is 0.198 e. The third-order valence-electron chi connectivity index (χ3n) is 2.45. The van der Waals surface area contributed by atoms with Gasteiger partial charge in [0.15, 0.2) is 17.4 Å². The number of aliphatic hydroxyl groups is 1. The number of nitrogens with zero attached hydrogens (tertiary/aromatic N) is 1. The highest BCUT2D eigenvalue weighted by Crippen LogP contribution is 2.28. The van der Waals surface area contributed by atoms with Crippen LogP contribution in [-0.4, -0.2) is 5.11 Å². The Morgan fingerprint density at radius 2 is 1.68 bits per heavy atom. The fourth-order valence-electron chi connectivity index (χ4n) is 1.50. The van der Waals surface area contributed by atoms with E-state index in [0.29, 0.717) is 5.56 Å². The first-order chi connectivity index (χ1) is 9.13. The first kappa shape index (κ1) is 13.0. The summed E-state index contributed by atoms with van der Waals surface area (Å²) in [5.74, 6) is -2.21. The SMILES string of the molecule is N#Cc1cc(F)c(Oc2ccc(CO)cc2)c(F)c1. The quantitative estimate of drug-likeness (QED) is 0.923. The van der Waals surface area contributed by atoms with Crippen molar-refractivity contribution in [2.75, 3.05) is 0 Å². The summed E-state index contributed by atoms with van der Waals surface area (Å²) in [5.41, 5.74) is 0.547. The van der Waals surface area contributed by atoms with Crippen LogP contribution in [0.1, 0.15) is 11.1 Å². The normalized spacial score (nSPS) is 10.0. The van der Waals surface area contributed by atoms with Gasteiger partial charge in [-0.3, -0.25) is 0 Å². The third-order valence-corrected chi connectivity index (χ3v) is 2.45. The van der Waals surface area contributed by atoms with Gasteiger partial charge in [-0.1, -0.05) is 12.1 Å². The van der Waals surface area contributed by atoms with E-state index < -0.39 is 17.4 Å². The summed E-state index contributed by atoms with van der Waals surface area (Å²) in [7, 11) is 0. The molecule has 0 bridgehead atoms. The van der Waals surface area contributed by atoms with Gasteiger partial charge in [0.05, 0.1) is 18.2 Å². The van der Waals surface area contributed by atoms with Crippen LogP contribution in [0.3, 0.4) is 0 Å². The lowest BCUT2D eigenvalue weighted by atomic mass is 10.2. The first-order valence-corrected chi connectivity index (χ1v) is 5.41. The van der Waals surface area contributed by atoms with Crippen LogP contribution in [0.2, 0.25) is 0 Å². The van der Waals surface area contributed by atoms with E-state index in [-0.39, 0.29) is 17.9 Å². The van der Waals surface area contributed by atoms with Gasteiger partial charge >= 0.3 is 0 Å². The number of benzene rings is 2. The number of ether oxygens (including phenoxy) is 1. The molecule has 19 heavy (non-hydrogen) atoms. The Bertz CT molecular complexity index is 610. The van der Waals surface area contributed by atoms with Gasteiger partial charge in [-0.25, -0.2) is 8.78 Å². The van der Waals surface area contributed by atoms with E-state index in [9.17, 15) is 8.78 Å². The van der Waals surface area contributed by atoms with Gasteiger partial charge in [0.1, 0.15) is 5.75 Å². The van der Waals surface area contributed by atoms with Crippen LogP contribution >= 0.6 is 0 Å². The molecule has 0 amide bonds. The lowest BCUT2D eigenvalue weighted by molar-refractivity contribution is 0.281. The molecule has 0 atom stereocenters. The molecule has 96 valence electrons. The summed E-state index contributed by atoms with van der Waals surface area (Å²) in [6, 6.07) is 9.59. The van der Waals surface area contributed by atoms with Crippen LogP contribution in [0.5, 0.6) is 11.5 Å². The van der Waals surface area contributed by atoms with E-state index in [4.69, 9.17) is 15.1 Å². The molecule has 0 aliphatic carbocycles. The Labute approximate surface area is 108 Å². The van der Waals surface area contributed by atoms with E-state index in [1.54, 1.807) is 18.2 Å². The standard InChI is InChI=1S/C14H9F2NO2/c15-12-5-10(7-17)6-13(16)14(12)19-11-3-1-9(8-18)2-4-11/h1-6,18H,8H2. The van der Waals surface area contributed by atoms with Crippen LogP contribution in [0.4, 0.5) is 8.78 Å². The molecule has 0 saturated carbocycles. The zero-order valence-electron chi connectivity index (χ0n) is 9.73. The lowest BCUT2D eigenvalue weighted by Gasteiger charge is -2.08. The van der Waals surface area contributed by atoms with E-state index in [2.05, 4.69) is 0 Å². The third kappa shape index (κ3) is 2.87. The average Bonchev–Trinajstić information content (AvgIpc) is 2.43. The van der Waals surface area contributed by atoms with Gasteiger partial charge in [-0.05, 0) is 29.8 Å². The Balaban J connectivity index is 2.30. The van der Waals surface area contributed by atoms with Crippen molar-refractivity contribution in [2.45, 2.75) is 6.61 Å². The molecule has 0 aliphatic rings. The maximum atomic E-state index is 13.6. The number of hydrogen-bond acceptors (Lipinski definition) is 3. The molecule has 2 rings (SSSR count). The van der Waals surface area contributed by atoms with Gasteiger partial charge in [0.25, 0.3) is 0 Å². The zero-order chi connectivity index (χ0) is 13.8. The molecule has 0 saturated heterocycles. The monoisotopic (exact) mass is 261 g/mol. The molecule has 0 aromatic heterocycles. The Kier molecular flexibility index (Phi) is 3.74. The maximum absolute atomic E-state index is 13.6. The van der Waals surface area contributed by atoms with Crippen LogP contribution in [-0.2, 0) is 6.61 Å². The summed E-state index contributed by atoms with van der Waals surface area (Å²) in [5, 5.41) is 17.4. The molecule has 0 fully saturated rings. The molecule has 2 aromatic rings. The molecule has 0 unspecified atom stereocenters. The van der Waals surface area contributed by atoms with Gasteiger partial charge < -0.3 is 9.84 Å². The van der Waals surface area contributed by atoms with Crippen molar-refractivity contribution in [3.8, 4) is 17.6 Å². The van der Waals surface area contributed by atoms with Crippen LogP contribution in [0, 0.1) is 23.0 Å². The number of hydrogen-bond donors (Lipinski definition) is 1. The fraction of sp³-hybridized carbons (Fsp3) is 0.0714. The fourth-order valence-corrected chi connectivity index (χ4v) is 1.50. The highest BCUT2D eigenvalue weighted by atomic mass is 19.1. The Hall–Kier alpha value is -2.45. The van der Waals surface area contributed by atoms with Gasteiger partial charge in [0.2, 0.25) is 0 Å². The smallest absolute Gasteiger partial charge is 0.198 e. The second-order valence-corrected chi connectivity index (χ2v) is 3.78. The van der Waals surface area contributed by atoms with E-state index in [1.807, 2.05) is 0 Å². The average molecular weight is 261 g/mol. The second-order valence-electron chi connectivity index (χ2n) is 3.78. The molecule has 0 radical (unpaired) electrons. The predicted molar refractivity (Wildman–Crippen MR) is 63.5 cm³/mol. The highest BCUT2D eigenvalue weighted by Gasteiger charge is 2.13. The molecule has 1 N–H and O–H groups in total. The molecular formula is C14H9F2NO2. The minimum atomic E-state index is -0.942. The minimum absolute atomic E-state index is 0.113. The van der Waals surface area contributed by atoms with Crippen molar-refractivity contribution in [3.63, 3.8) is 0 Å². The highest BCUT2D eigenvalue weighted by molar-refractivity contribution is 5.40. The molecule has 0 heterocycles. The van der Waals surface area contributed by atoms with E-state index in [1.165, 1.54) is 12.1 Å². The zero-order valence-corrected chi connectivity index (χ0v) is 9.73. The van der Waals surface area contributed by atoms with Crippen molar-refractivity contribution < 1.29 is 18.6 Å². The topological polar surface area (TPSA) is 53.2 Å². The first-order valence-electron chi connectivity index (χ1n) is 5.41. The van der Waals surface area contributed by atoms with Crippen molar-refractivity contribution >= 4 is 0 Å². The van der Waals surface area contributed by atoms with Gasteiger partial charge in [-0.15, -0.1) is 0 Å². The molecule has 0 aliphatic heterocycles. The summed E-state index contributed by atoms with van der Waals surface area (Å²) in [6.07, 6.45) is 0. The Morgan fingerprint density at radius 3 is 2.16 bits per heavy atom. The van der Waals surface area contributed by atoms with Gasteiger partial charge in [0, 0.05) is 0 Å². The summed E-state index contributed by atoms with van der Waals surface area (Å²) in [6.45, 7) is -0.125. The second kappa shape index (κ2) is 5.46.